The maximum atomic E-state index is 13.2. The van der Waals surface area contributed by atoms with Gasteiger partial charge in [-0.3, -0.25) is 0 Å². The summed E-state index contributed by atoms with van der Waals surface area (Å²) in [5.41, 5.74) is 5.24. The van der Waals surface area contributed by atoms with E-state index in [1.165, 1.54) is 12.5 Å². The van der Waals surface area contributed by atoms with Gasteiger partial charge in [0.15, 0.2) is 11.6 Å². The van der Waals surface area contributed by atoms with E-state index in [0.29, 0.717) is 12.5 Å². The van der Waals surface area contributed by atoms with Crippen LogP contribution < -0.4 is 10.5 Å². The van der Waals surface area contributed by atoms with Crippen molar-refractivity contribution in [2.24, 2.45) is 5.92 Å². The highest BCUT2D eigenvalue weighted by molar-refractivity contribution is 5.46. The van der Waals surface area contributed by atoms with E-state index in [2.05, 4.69) is 0 Å². The lowest BCUT2D eigenvalue weighted by Gasteiger charge is -2.25. The van der Waals surface area contributed by atoms with Gasteiger partial charge in [-0.05, 0) is 18.8 Å². The molecule has 2 nitrogen and oxygen atoms in total. The summed E-state index contributed by atoms with van der Waals surface area (Å²) in [6.45, 7) is 0.488. The molecule has 0 bridgehead atoms. The van der Waals surface area contributed by atoms with Gasteiger partial charge in [0.05, 0.1) is 12.3 Å². The van der Waals surface area contributed by atoms with Gasteiger partial charge in [-0.1, -0.05) is 6.42 Å². The Morgan fingerprint density at radius 1 is 1.27 bits per heavy atom. The molecule has 0 heterocycles. The van der Waals surface area contributed by atoms with Crippen molar-refractivity contribution in [3.8, 4) is 5.75 Å². The second-order valence-electron chi connectivity index (χ2n) is 3.91. The Kier molecular flexibility index (Phi) is 2.75. The SMILES string of the molecule is Nc1cc(OCC2CCC2)c(F)cc1F. The molecule has 0 amide bonds. The lowest BCUT2D eigenvalue weighted by atomic mass is 9.86. The normalized spacial score (nSPS) is 16.1. The third-order valence-corrected chi connectivity index (χ3v) is 2.75. The lowest BCUT2D eigenvalue weighted by Crippen LogP contribution is -2.19. The van der Waals surface area contributed by atoms with Gasteiger partial charge in [-0.15, -0.1) is 0 Å². The summed E-state index contributed by atoms with van der Waals surface area (Å²) in [5.74, 6) is -0.888. The number of nitrogen functional groups attached to an aromatic ring is 1. The predicted octanol–water partition coefficient (Wildman–Crippen LogP) is 2.73. The molecule has 0 aromatic heterocycles. The Balaban J connectivity index is 2.03. The number of ether oxygens (including phenoxy) is 1. The van der Waals surface area contributed by atoms with Crippen molar-refractivity contribution >= 4 is 5.69 Å². The van der Waals surface area contributed by atoms with Crippen LogP contribution in [0.2, 0.25) is 0 Å². The highest BCUT2D eigenvalue weighted by Crippen LogP contribution is 2.29. The van der Waals surface area contributed by atoms with Gasteiger partial charge in [0.25, 0.3) is 0 Å². The molecule has 0 unspecified atom stereocenters. The highest BCUT2D eigenvalue weighted by atomic mass is 19.1. The third-order valence-electron chi connectivity index (χ3n) is 2.75. The minimum atomic E-state index is -0.747. The smallest absolute Gasteiger partial charge is 0.168 e. The summed E-state index contributed by atoms with van der Waals surface area (Å²) in [4.78, 5) is 0. The fourth-order valence-electron chi connectivity index (χ4n) is 1.52. The first kappa shape index (κ1) is 10.2. The number of hydrogen-bond donors (Lipinski definition) is 1. The van der Waals surface area contributed by atoms with Crippen LogP contribution in [-0.4, -0.2) is 6.61 Å². The van der Waals surface area contributed by atoms with E-state index in [-0.39, 0.29) is 11.4 Å². The maximum Gasteiger partial charge on any atom is 0.168 e. The van der Waals surface area contributed by atoms with Crippen molar-refractivity contribution in [3.05, 3.63) is 23.8 Å². The van der Waals surface area contributed by atoms with E-state index in [4.69, 9.17) is 10.5 Å². The average molecular weight is 213 g/mol. The monoisotopic (exact) mass is 213 g/mol. The van der Waals surface area contributed by atoms with Crippen LogP contribution in [0.15, 0.2) is 12.1 Å². The van der Waals surface area contributed by atoms with Gasteiger partial charge >= 0.3 is 0 Å². The number of rotatable bonds is 3. The van der Waals surface area contributed by atoms with E-state index >= 15 is 0 Å². The van der Waals surface area contributed by atoms with Crippen molar-refractivity contribution in [2.45, 2.75) is 19.3 Å². The second-order valence-corrected chi connectivity index (χ2v) is 3.91. The van der Waals surface area contributed by atoms with Crippen LogP contribution in [0.4, 0.5) is 14.5 Å². The van der Waals surface area contributed by atoms with Gasteiger partial charge in [-0.2, -0.15) is 0 Å². The predicted molar refractivity (Wildman–Crippen MR) is 53.6 cm³/mol. The molecule has 0 atom stereocenters. The van der Waals surface area contributed by atoms with Crippen LogP contribution in [0.25, 0.3) is 0 Å². The first-order valence-corrected chi connectivity index (χ1v) is 5.04. The first-order valence-electron chi connectivity index (χ1n) is 5.04. The Hall–Kier alpha value is -1.32. The molecule has 1 aromatic carbocycles. The molecule has 0 radical (unpaired) electrons. The summed E-state index contributed by atoms with van der Waals surface area (Å²) in [6.07, 6.45) is 3.46. The van der Waals surface area contributed by atoms with Crippen molar-refractivity contribution in [2.75, 3.05) is 12.3 Å². The van der Waals surface area contributed by atoms with Crippen LogP contribution in [-0.2, 0) is 0 Å². The molecule has 1 saturated carbocycles. The molecular weight excluding hydrogens is 200 g/mol. The van der Waals surface area contributed by atoms with E-state index in [0.717, 1.165) is 18.9 Å². The zero-order valence-corrected chi connectivity index (χ0v) is 8.30. The standard InChI is InChI=1S/C11H13F2NO/c12-8-4-9(13)11(5-10(8)14)15-6-7-2-1-3-7/h4-5,7H,1-3,6,14H2. The number of benzene rings is 1. The zero-order chi connectivity index (χ0) is 10.8. The largest absolute Gasteiger partial charge is 0.490 e. The van der Waals surface area contributed by atoms with Crippen molar-refractivity contribution in [1.82, 2.24) is 0 Å². The van der Waals surface area contributed by atoms with E-state index in [1.54, 1.807) is 0 Å². The van der Waals surface area contributed by atoms with Crippen molar-refractivity contribution in [3.63, 3.8) is 0 Å². The Morgan fingerprint density at radius 2 is 2.00 bits per heavy atom. The average Bonchev–Trinajstić information content (AvgIpc) is 2.11. The summed E-state index contributed by atoms with van der Waals surface area (Å²) < 4.78 is 31.3. The molecule has 1 aromatic rings. The molecule has 0 spiro atoms. The minimum Gasteiger partial charge on any atom is -0.490 e. The number of hydrogen-bond acceptors (Lipinski definition) is 2. The number of anilines is 1. The first-order chi connectivity index (χ1) is 7.16. The van der Waals surface area contributed by atoms with Crippen LogP contribution >= 0.6 is 0 Å². The maximum absolute atomic E-state index is 13.2. The fraction of sp³-hybridized carbons (Fsp3) is 0.455. The Labute approximate surface area is 87.0 Å². The molecule has 1 aliphatic rings. The minimum absolute atomic E-state index is 0.0424. The summed E-state index contributed by atoms with van der Waals surface area (Å²) >= 11 is 0. The van der Waals surface area contributed by atoms with Crippen molar-refractivity contribution < 1.29 is 13.5 Å². The number of nitrogens with two attached hydrogens (primary N) is 1. The van der Waals surface area contributed by atoms with Gasteiger partial charge in [0.1, 0.15) is 5.82 Å². The fourth-order valence-corrected chi connectivity index (χ4v) is 1.52. The van der Waals surface area contributed by atoms with Crippen LogP contribution in [0.1, 0.15) is 19.3 Å². The molecule has 2 rings (SSSR count). The van der Waals surface area contributed by atoms with E-state index in [1.807, 2.05) is 0 Å². The Morgan fingerprint density at radius 3 is 2.60 bits per heavy atom. The molecular formula is C11H13F2NO. The second kappa shape index (κ2) is 4.04. The summed E-state index contributed by atoms with van der Waals surface area (Å²) in [5, 5.41) is 0. The van der Waals surface area contributed by atoms with Gasteiger partial charge < -0.3 is 10.5 Å². The van der Waals surface area contributed by atoms with Crippen LogP contribution in [0.3, 0.4) is 0 Å². The van der Waals surface area contributed by atoms with Crippen molar-refractivity contribution in [1.29, 1.82) is 0 Å². The molecule has 2 N–H and O–H groups in total. The van der Waals surface area contributed by atoms with Gasteiger partial charge in [0.2, 0.25) is 0 Å². The van der Waals surface area contributed by atoms with Gasteiger partial charge in [-0.25, -0.2) is 8.78 Å². The molecule has 0 aliphatic heterocycles. The van der Waals surface area contributed by atoms with Gasteiger partial charge in [0, 0.05) is 12.1 Å². The summed E-state index contributed by atoms with van der Waals surface area (Å²) in [6, 6.07) is 1.95. The lowest BCUT2D eigenvalue weighted by molar-refractivity contribution is 0.175. The van der Waals surface area contributed by atoms with Crippen LogP contribution in [0.5, 0.6) is 5.75 Å². The summed E-state index contributed by atoms with van der Waals surface area (Å²) in [7, 11) is 0. The molecule has 82 valence electrons. The molecule has 1 fully saturated rings. The zero-order valence-electron chi connectivity index (χ0n) is 8.30. The number of halogens is 2. The Bertz CT molecular complexity index is 364. The van der Waals surface area contributed by atoms with Crippen LogP contribution in [0, 0.1) is 17.6 Å². The van der Waals surface area contributed by atoms with E-state index < -0.39 is 11.6 Å². The third kappa shape index (κ3) is 2.19. The molecule has 1 aliphatic carbocycles. The topological polar surface area (TPSA) is 35.2 Å². The quantitative estimate of drug-likeness (QED) is 0.783. The molecule has 15 heavy (non-hydrogen) atoms. The highest BCUT2D eigenvalue weighted by Gasteiger charge is 2.19. The molecule has 4 heteroatoms. The van der Waals surface area contributed by atoms with E-state index in [9.17, 15) is 8.78 Å². The molecule has 0 saturated heterocycles.